The van der Waals surface area contributed by atoms with Gasteiger partial charge in [0.15, 0.2) is 0 Å². The minimum atomic E-state index is 0.749. The highest BCUT2D eigenvalue weighted by Crippen LogP contribution is 2.46. The summed E-state index contributed by atoms with van der Waals surface area (Å²) in [5.74, 6) is 0. The molecule has 2 N–H and O–H groups in total. The van der Waals surface area contributed by atoms with E-state index in [2.05, 4.69) is 99.0 Å². The zero-order chi connectivity index (χ0) is 21.8. The Kier molecular flexibility index (Phi) is 5.86. The van der Waals surface area contributed by atoms with E-state index in [1.54, 1.807) is 0 Å². The van der Waals surface area contributed by atoms with Crippen LogP contribution in [0.25, 0.3) is 28.3 Å². The van der Waals surface area contributed by atoms with E-state index in [-0.39, 0.29) is 0 Å². The first kappa shape index (κ1) is 20.4. The van der Waals surface area contributed by atoms with Gasteiger partial charge in [0.1, 0.15) is 0 Å². The second-order valence-corrected chi connectivity index (χ2v) is 7.56. The SMILES string of the molecule is C=CC1=C(/C=C\Cc2ccccc2-c2ccccc2)c2ccc(N)c(C=C)c2/C1=C\C. The van der Waals surface area contributed by atoms with Crippen LogP contribution in [0.2, 0.25) is 0 Å². The molecule has 0 aromatic heterocycles. The maximum absolute atomic E-state index is 6.24. The second-order valence-electron chi connectivity index (χ2n) is 7.56. The lowest BCUT2D eigenvalue weighted by molar-refractivity contribution is 1.27. The molecule has 0 unspecified atom stereocenters. The number of hydrogen-bond acceptors (Lipinski definition) is 1. The first-order valence-corrected chi connectivity index (χ1v) is 10.6. The Bertz CT molecular complexity index is 1240. The van der Waals surface area contributed by atoms with Gasteiger partial charge in [-0.1, -0.05) is 104 Å². The normalized spacial score (nSPS) is 14.3. The van der Waals surface area contributed by atoms with Crippen LogP contribution in [0.15, 0.2) is 110 Å². The van der Waals surface area contributed by atoms with Gasteiger partial charge in [0.05, 0.1) is 0 Å². The summed E-state index contributed by atoms with van der Waals surface area (Å²) in [7, 11) is 0. The van der Waals surface area contributed by atoms with Crippen molar-refractivity contribution in [1.29, 1.82) is 0 Å². The van der Waals surface area contributed by atoms with Crippen LogP contribution in [0.3, 0.4) is 0 Å². The highest BCUT2D eigenvalue weighted by atomic mass is 14.6. The van der Waals surface area contributed by atoms with Crippen molar-refractivity contribution in [2.45, 2.75) is 13.3 Å². The van der Waals surface area contributed by atoms with E-state index in [0.717, 1.165) is 34.4 Å². The van der Waals surface area contributed by atoms with Gasteiger partial charge in [-0.2, -0.15) is 0 Å². The molecule has 1 nitrogen and oxygen atoms in total. The maximum atomic E-state index is 6.24. The molecule has 0 radical (unpaired) electrons. The summed E-state index contributed by atoms with van der Waals surface area (Å²) in [6, 6.07) is 23.2. The zero-order valence-electron chi connectivity index (χ0n) is 17.9. The Morgan fingerprint density at radius 2 is 1.55 bits per heavy atom. The van der Waals surface area contributed by atoms with E-state index in [9.17, 15) is 0 Å². The maximum Gasteiger partial charge on any atom is 0.0394 e. The van der Waals surface area contributed by atoms with Gasteiger partial charge in [-0.25, -0.2) is 0 Å². The van der Waals surface area contributed by atoms with Crippen molar-refractivity contribution < 1.29 is 0 Å². The molecule has 0 heterocycles. The number of fused-ring (bicyclic) bond motifs is 1. The van der Waals surface area contributed by atoms with Gasteiger partial charge in [0.25, 0.3) is 0 Å². The molecular weight excluding hydrogens is 374 g/mol. The molecule has 0 amide bonds. The van der Waals surface area contributed by atoms with Crippen LogP contribution in [0.5, 0.6) is 0 Å². The molecule has 152 valence electrons. The molecule has 0 fully saturated rings. The van der Waals surface area contributed by atoms with E-state index in [1.807, 2.05) is 18.2 Å². The molecule has 0 saturated carbocycles. The van der Waals surface area contributed by atoms with Crippen LogP contribution < -0.4 is 5.73 Å². The van der Waals surface area contributed by atoms with Gasteiger partial charge in [0.2, 0.25) is 0 Å². The highest BCUT2D eigenvalue weighted by Gasteiger charge is 2.25. The summed E-state index contributed by atoms with van der Waals surface area (Å²) < 4.78 is 0. The minimum Gasteiger partial charge on any atom is -0.398 e. The Morgan fingerprint density at radius 3 is 2.26 bits per heavy atom. The van der Waals surface area contributed by atoms with E-state index >= 15 is 0 Å². The monoisotopic (exact) mass is 401 g/mol. The van der Waals surface area contributed by atoms with Crippen LogP contribution in [-0.2, 0) is 6.42 Å². The standard InChI is InChI=1S/C30H27N/c1-4-23-24(5-2)30-25(6-3)29(31)20-19-28(30)27(23)18-12-16-22-15-10-11-17-26(22)21-13-8-7-9-14-21/h4-15,17-20H,1,3,16,31H2,2H3/b18-12-,24-5-. The van der Waals surface area contributed by atoms with Gasteiger partial charge in [0, 0.05) is 11.3 Å². The average molecular weight is 402 g/mol. The largest absolute Gasteiger partial charge is 0.398 e. The summed E-state index contributed by atoms with van der Waals surface area (Å²) in [5.41, 5.74) is 17.6. The van der Waals surface area contributed by atoms with Gasteiger partial charge >= 0.3 is 0 Å². The summed E-state index contributed by atoms with van der Waals surface area (Å²) in [6.07, 6.45) is 11.2. The Hall–Kier alpha value is -3.84. The summed E-state index contributed by atoms with van der Waals surface area (Å²) in [4.78, 5) is 0. The molecule has 0 saturated heterocycles. The molecule has 1 aliphatic carbocycles. The Labute approximate surface area is 185 Å². The number of anilines is 1. The number of benzene rings is 3. The van der Waals surface area contributed by atoms with E-state index < -0.39 is 0 Å². The van der Waals surface area contributed by atoms with Crippen LogP contribution >= 0.6 is 0 Å². The van der Waals surface area contributed by atoms with Crippen molar-refractivity contribution >= 4 is 22.9 Å². The third kappa shape index (κ3) is 3.71. The molecular formula is C30H27N. The molecule has 0 atom stereocenters. The van der Waals surface area contributed by atoms with Gasteiger partial charge < -0.3 is 5.73 Å². The lowest BCUT2D eigenvalue weighted by Crippen LogP contribution is -1.96. The lowest BCUT2D eigenvalue weighted by Gasteiger charge is -2.10. The van der Waals surface area contributed by atoms with Crippen molar-refractivity contribution in [3.05, 3.63) is 132 Å². The predicted molar refractivity (Wildman–Crippen MR) is 136 cm³/mol. The first-order valence-electron chi connectivity index (χ1n) is 10.6. The van der Waals surface area contributed by atoms with Gasteiger partial charge in [-0.3, -0.25) is 0 Å². The topological polar surface area (TPSA) is 26.0 Å². The average Bonchev–Trinajstić information content (AvgIpc) is 3.12. The summed E-state index contributed by atoms with van der Waals surface area (Å²) >= 11 is 0. The van der Waals surface area contributed by atoms with Gasteiger partial charge in [-0.05, 0) is 63.9 Å². The summed E-state index contributed by atoms with van der Waals surface area (Å²) in [5, 5.41) is 0. The smallest absolute Gasteiger partial charge is 0.0394 e. The third-order valence-electron chi connectivity index (χ3n) is 5.84. The third-order valence-corrected chi connectivity index (χ3v) is 5.84. The van der Waals surface area contributed by atoms with Gasteiger partial charge in [-0.15, -0.1) is 0 Å². The van der Waals surface area contributed by atoms with Crippen molar-refractivity contribution in [3.8, 4) is 11.1 Å². The van der Waals surface area contributed by atoms with Crippen LogP contribution in [-0.4, -0.2) is 0 Å². The zero-order valence-corrected chi connectivity index (χ0v) is 17.9. The molecule has 3 aromatic rings. The fourth-order valence-corrected chi connectivity index (χ4v) is 4.40. The fourth-order valence-electron chi connectivity index (χ4n) is 4.40. The Morgan fingerprint density at radius 1 is 0.806 bits per heavy atom. The van der Waals surface area contributed by atoms with E-state index in [0.29, 0.717) is 0 Å². The molecule has 31 heavy (non-hydrogen) atoms. The minimum absolute atomic E-state index is 0.749. The van der Waals surface area contributed by atoms with Crippen LogP contribution in [0, 0.1) is 0 Å². The number of nitrogens with two attached hydrogens (primary N) is 1. The highest BCUT2D eigenvalue weighted by molar-refractivity contribution is 6.07. The van der Waals surface area contributed by atoms with Crippen molar-refractivity contribution in [1.82, 2.24) is 0 Å². The molecule has 1 aliphatic rings. The molecule has 0 aliphatic heterocycles. The van der Waals surface area contributed by atoms with E-state index in [1.165, 1.54) is 27.8 Å². The van der Waals surface area contributed by atoms with Crippen LogP contribution in [0.1, 0.15) is 29.2 Å². The number of hydrogen-bond donors (Lipinski definition) is 1. The first-order chi connectivity index (χ1) is 15.2. The fraction of sp³-hybridized carbons (Fsp3) is 0.0667. The molecule has 4 rings (SSSR count). The molecule has 0 spiro atoms. The van der Waals surface area contributed by atoms with Crippen molar-refractivity contribution in [2.24, 2.45) is 0 Å². The summed E-state index contributed by atoms with van der Waals surface area (Å²) in [6.45, 7) is 10.1. The molecule has 1 heteroatoms. The number of nitrogen functional groups attached to an aromatic ring is 1. The van der Waals surface area contributed by atoms with E-state index in [4.69, 9.17) is 5.73 Å². The number of allylic oxidation sites excluding steroid dienone is 7. The molecule has 3 aromatic carbocycles. The van der Waals surface area contributed by atoms with Crippen molar-refractivity contribution in [2.75, 3.05) is 5.73 Å². The van der Waals surface area contributed by atoms with Crippen molar-refractivity contribution in [3.63, 3.8) is 0 Å². The molecule has 0 bridgehead atoms. The Balaban J connectivity index is 1.73. The van der Waals surface area contributed by atoms with Crippen LogP contribution in [0.4, 0.5) is 5.69 Å². The lowest BCUT2D eigenvalue weighted by atomic mass is 9.95. The predicted octanol–water partition coefficient (Wildman–Crippen LogP) is 7.73. The number of rotatable bonds is 6. The quantitative estimate of drug-likeness (QED) is 0.420. The second kappa shape index (κ2) is 8.89.